The Labute approximate surface area is 315 Å². The molecule has 0 radical (unpaired) electrons. The molecule has 2 aromatic heterocycles. The van der Waals surface area contributed by atoms with Crippen LogP contribution in [-0.4, -0.2) is 65.8 Å². The van der Waals surface area contributed by atoms with Gasteiger partial charge in [-0.05, 0) is 73.9 Å². The van der Waals surface area contributed by atoms with Crippen LogP contribution in [0.1, 0.15) is 57.7 Å². The number of nitrogens with one attached hydrogen (secondary N) is 2. The van der Waals surface area contributed by atoms with E-state index in [-0.39, 0.29) is 34.2 Å². The van der Waals surface area contributed by atoms with Crippen LogP contribution in [-0.2, 0) is 22.9 Å². The molecular weight excluding hydrogens is 789 g/mol. The highest BCUT2D eigenvalue weighted by Gasteiger charge is 2.46. The van der Waals surface area contributed by atoms with Gasteiger partial charge >= 0.3 is 12.4 Å². The number of benzene rings is 2. The molecule has 4 heterocycles. The van der Waals surface area contributed by atoms with Gasteiger partial charge in [0, 0.05) is 48.9 Å². The number of hydrogen-bond donors (Lipinski definition) is 2. The Bertz CT molecular complexity index is 2160. The molecule has 2 saturated heterocycles. The third kappa shape index (κ3) is 9.19. The molecule has 1 atom stereocenters. The number of piperidine rings is 1. The van der Waals surface area contributed by atoms with Gasteiger partial charge in [0.2, 0.25) is 0 Å². The number of carbonyl (C=O) groups excluding carboxylic acids is 1. The summed E-state index contributed by atoms with van der Waals surface area (Å²) < 4.78 is 111. The molecule has 19 heteroatoms. The first-order valence-corrected chi connectivity index (χ1v) is 19.2. The number of carbonyl (C=O) groups is 1. The summed E-state index contributed by atoms with van der Waals surface area (Å²) in [7, 11) is -4.46. The van der Waals surface area contributed by atoms with Gasteiger partial charge in [-0.15, -0.1) is 11.3 Å². The van der Waals surface area contributed by atoms with Crippen LogP contribution in [0.15, 0.2) is 54.6 Å². The summed E-state index contributed by atoms with van der Waals surface area (Å²) in [5.41, 5.74) is 2.80. The zero-order valence-electron chi connectivity index (χ0n) is 27.5. The molecule has 6 rings (SSSR count). The van der Waals surface area contributed by atoms with Crippen LogP contribution in [0.2, 0.25) is 10.0 Å². The van der Waals surface area contributed by atoms with E-state index in [4.69, 9.17) is 23.2 Å². The lowest BCUT2D eigenvalue weighted by atomic mass is 10.1. The molecule has 0 spiro atoms. The first-order valence-electron chi connectivity index (χ1n) is 16.2. The molecule has 53 heavy (non-hydrogen) atoms. The molecule has 2 aliphatic rings. The molecule has 1 unspecified atom stereocenters. The van der Waals surface area contributed by atoms with E-state index < -0.39 is 59.5 Å². The average molecular weight is 820 g/mol. The minimum Gasteiger partial charge on any atom is -0.283 e. The summed E-state index contributed by atoms with van der Waals surface area (Å²) in [6.07, 6.45) is -6.79. The fraction of sp³-hybridized carbons (Fsp3) is 0.353. The maximum Gasteiger partial charge on any atom is 0.416 e. The number of nitrogens with zero attached hydrogens (tertiary/aromatic N) is 4. The van der Waals surface area contributed by atoms with Gasteiger partial charge in [-0.1, -0.05) is 41.5 Å². The van der Waals surface area contributed by atoms with Crippen LogP contribution in [0.5, 0.6) is 0 Å². The molecule has 2 fully saturated rings. The number of rotatable bonds is 8. The van der Waals surface area contributed by atoms with Crippen molar-refractivity contribution in [2.24, 2.45) is 5.92 Å². The molecule has 2 aromatic carbocycles. The molecule has 0 bridgehead atoms. The number of aromatic nitrogens is 2. The van der Waals surface area contributed by atoms with E-state index in [1.165, 1.54) is 22.9 Å². The maximum absolute atomic E-state index is 13.9. The molecule has 1 amide bonds. The third-order valence-corrected chi connectivity index (χ3v) is 11.8. The van der Waals surface area contributed by atoms with Crippen molar-refractivity contribution in [3.05, 3.63) is 91.9 Å². The maximum atomic E-state index is 13.9. The van der Waals surface area contributed by atoms with Gasteiger partial charge in [0.05, 0.1) is 37.6 Å². The van der Waals surface area contributed by atoms with E-state index in [0.29, 0.717) is 33.4 Å². The number of halogens is 8. The fourth-order valence-corrected chi connectivity index (χ4v) is 8.60. The second kappa shape index (κ2) is 15.6. The van der Waals surface area contributed by atoms with E-state index in [1.54, 1.807) is 29.3 Å². The monoisotopic (exact) mass is 818 g/mol. The summed E-state index contributed by atoms with van der Waals surface area (Å²) in [5.74, 6) is 3.28. The smallest absolute Gasteiger partial charge is 0.283 e. The highest BCUT2D eigenvalue weighted by molar-refractivity contribution is 7.87. The van der Waals surface area contributed by atoms with Crippen molar-refractivity contribution in [2.75, 3.05) is 26.2 Å². The Balaban J connectivity index is 1.41. The van der Waals surface area contributed by atoms with E-state index in [9.17, 15) is 39.6 Å². The summed E-state index contributed by atoms with van der Waals surface area (Å²) in [6.45, 7) is -0.486. The quantitative estimate of drug-likeness (QED) is 0.141. The normalized spacial score (nSPS) is 17.5. The van der Waals surface area contributed by atoms with Gasteiger partial charge in [0.1, 0.15) is 0 Å². The molecule has 9 nitrogen and oxygen atoms in total. The first-order chi connectivity index (χ1) is 25.0. The molecule has 4 aromatic rings. The van der Waals surface area contributed by atoms with E-state index in [2.05, 4.69) is 27.1 Å². The number of hydrogen-bond acceptors (Lipinski definition) is 6. The number of thiophene rings is 1. The lowest BCUT2D eigenvalue weighted by Crippen LogP contribution is -2.45. The van der Waals surface area contributed by atoms with Crippen LogP contribution in [0.4, 0.5) is 26.3 Å². The molecule has 2 N–H and O–H groups in total. The van der Waals surface area contributed by atoms with Crippen LogP contribution < -0.4 is 10.1 Å². The van der Waals surface area contributed by atoms with Gasteiger partial charge in [-0.3, -0.25) is 10.2 Å². The van der Waals surface area contributed by atoms with Crippen molar-refractivity contribution in [2.45, 2.75) is 44.6 Å². The van der Waals surface area contributed by atoms with Crippen molar-refractivity contribution >= 4 is 50.7 Å². The van der Waals surface area contributed by atoms with Crippen molar-refractivity contribution in [1.82, 2.24) is 29.2 Å². The third-order valence-electron chi connectivity index (χ3n) is 8.72. The Hall–Kier alpha value is -3.63. The largest absolute Gasteiger partial charge is 0.416 e. The summed E-state index contributed by atoms with van der Waals surface area (Å²) >= 11 is 13.9. The molecule has 282 valence electrons. The van der Waals surface area contributed by atoms with Gasteiger partial charge in [-0.2, -0.15) is 48.9 Å². The van der Waals surface area contributed by atoms with Gasteiger partial charge in [0.25, 0.3) is 16.1 Å². The van der Waals surface area contributed by atoms with Crippen LogP contribution in [0, 0.1) is 17.8 Å². The van der Waals surface area contributed by atoms with Crippen molar-refractivity contribution < 1.29 is 39.6 Å². The fourth-order valence-electron chi connectivity index (χ4n) is 5.96. The number of alkyl halides is 6. The lowest BCUT2D eigenvalue weighted by Gasteiger charge is -2.26. The van der Waals surface area contributed by atoms with Gasteiger partial charge in [-0.25, -0.2) is 9.69 Å². The highest BCUT2D eigenvalue weighted by Crippen LogP contribution is 2.38. The summed E-state index contributed by atoms with van der Waals surface area (Å²) in [5, 5.41) is 6.80. The minimum absolute atomic E-state index is 0.102. The summed E-state index contributed by atoms with van der Waals surface area (Å²) in [4.78, 5) is 14.8. The zero-order valence-corrected chi connectivity index (χ0v) is 30.6. The lowest BCUT2D eigenvalue weighted by molar-refractivity contribution is -0.169. The Morgan fingerprint density at radius 3 is 2.30 bits per heavy atom. The van der Waals surface area contributed by atoms with Gasteiger partial charge in [0.15, 0.2) is 5.69 Å². The molecule has 0 saturated carbocycles. The Morgan fingerprint density at radius 1 is 0.943 bits per heavy atom. The molecular formula is C34H30Cl2F6N6O3S2. The Kier molecular flexibility index (Phi) is 11.5. The predicted molar refractivity (Wildman–Crippen MR) is 189 cm³/mol. The standard InChI is InChI=1S/C34H30Cl2F6N6O3S2/c35-24-9-12-28(27(36)18-24)48-31(29-13-11-25(52-29)10-6-21-4-7-22(8-5-21)33(37,38)39)26(30(44-48)32(49)45-46-15-2-1-3-16-46)19-43-53(50,51)47-17-14-23(20-47)34(40,41)42/h4-5,7-9,11-13,18,23,43H,1-3,14-17,19-20H2,(H,45,49). The van der Waals surface area contributed by atoms with Gasteiger partial charge < -0.3 is 0 Å². The van der Waals surface area contributed by atoms with Crippen LogP contribution >= 0.6 is 34.5 Å². The van der Waals surface area contributed by atoms with Crippen LogP contribution in [0.25, 0.3) is 16.3 Å². The Morgan fingerprint density at radius 2 is 1.66 bits per heavy atom. The number of amides is 1. The van der Waals surface area contributed by atoms with E-state index in [1.807, 2.05) is 0 Å². The van der Waals surface area contributed by atoms with Crippen molar-refractivity contribution in [3.63, 3.8) is 0 Å². The second-order valence-corrected chi connectivity index (χ2v) is 16.1. The first kappa shape index (κ1) is 39.1. The summed E-state index contributed by atoms with van der Waals surface area (Å²) in [6, 6.07) is 12.2. The minimum atomic E-state index is -4.57. The van der Waals surface area contributed by atoms with E-state index in [0.717, 1.165) is 47.0 Å². The van der Waals surface area contributed by atoms with Crippen molar-refractivity contribution in [3.8, 4) is 28.1 Å². The topological polar surface area (TPSA) is 99.6 Å². The predicted octanol–water partition coefficient (Wildman–Crippen LogP) is 7.68. The van der Waals surface area contributed by atoms with Crippen molar-refractivity contribution in [1.29, 1.82) is 0 Å². The molecule has 2 aliphatic heterocycles. The SMILES string of the molecule is O=C(NN1CCCCC1)c1nn(-c2ccc(Cl)cc2Cl)c(-c2ccc(C#Cc3ccc(C(F)(F)F)cc3)s2)c1CNS(=O)(=O)N1CCC(C(F)(F)F)C1. The second-order valence-electron chi connectivity index (χ2n) is 12.4. The number of hydrazine groups is 1. The highest BCUT2D eigenvalue weighted by atomic mass is 35.5. The zero-order chi connectivity index (χ0) is 38.1. The van der Waals surface area contributed by atoms with Crippen LogP contribution in [0.3, 0.4) is 0 Å². The molecule has 0 aliphatic carbocycles. The average Bonchev–Trinajstić information content (AvgIpc) is 3.86. The van der Waals surface area contributed by atoms with E-state index >= 15 is 0 Å².